The summed E-state index contributed by atoms with van der Waals surface area (Å²) >= 11 is 5.96. The highest BCUT2D eigenvalue weighted by atomic mass is 35.5. The van der Waals surface area contributed by atoms with E-state index in [1.54, 1.807) is 60.7 Å². The predicted octanol–water partition coefficient (Wildman–Crippen LogP) is 5.32. The highest BCUT2D eigenvalue weighted by Gasteiger charge is 2.47. The van der Waals surface area contributed by atoms with Gasteiger partial charge in [-0.25, -0.2) is 9.18 Å². The van der Waals surface area contributed by atoms with Gasteiger partial charge < -0.3 is 15.4 Å². The average molecular weight is 510 g/mol. The quantitative estimate of drug-likeness (QED) is 0.451. The number of rotatable bonds is 7. The number of hydrogen-bond donors (Lipinski definition) is 2. The first kappa shape index (κ1) is 25.2. The second-order valence-electron chi connectivity index (χ2n) is 8.75. The number of amides is 3. The maximum absolute atomic E-state index is 13.3. The monoisotopic (exact) mass is 509 g/mol. The lowest BCUT2D eigenvalue weighted by Gasteiger charge is -2.25. The third-order valence-corrected chi connectivity index (χ3v) is 5.87. The molecule has 0 spiro atoms. The molecule has 3 aromatic rings. The summed E-state index contributed by atoms with van der Waals surface area (Å²) in [6.45, 7) is 3.73. The summed E-state index contributed by atoms with van der Waals surface area (Å²) in [5, 5.41) is 6.10. The van der Waals surface area contributed by atoms with Crippen molar-refractivity contribution in [1.82, 2.24) is 10.2 Å². The van der Waals surface area contributed by atoms with Gasteiger partial charge in [0.15, 0.2) is 12.1 Å². The van der Waals surface area contributed by atoms with E-state index in [4.69, 9.17) is 16.3 Å². The molecule has 2 atom stereocenters. The van der Waals surface area contributed by atoms with Gasteiger partial charge in [-0.15, -0.1) is 0 Å². The van der Waals surface area contributed by atoms with E-state index in [0.717, 1.165) is 0 Å². The minimum atomic E-state index is -0.933. The highest BCUT2D eigenvalue weighted by molar-refractivity contribution is 6.31. The molecule has 7 nitrogen and oxygen atoms in total. The molecular weight excluding hydrogens is 485 g/mol. The van der Waals surface area contributed by atoms with E-state index in [-0.39, 0.29) is 24.4 Å². The first-order valence-electron chi connectivity index (χ1n) is 11.4. The van der Waals surface area contributed by atoms with Gasteiger partial charge in [0.2, 0.25) is 5.91 Å². The van der Waals surface area contributed by atoms with Crippen molar-refractivity contribution in [2.24, 2.45) is 0 Å². The lowest BCUT2D eigenvalue weighted by Crippen LogP contribution is -2.48. The van der Waals surface area contributed by atoms with Crippen LogP contribution in [0.3, 0.4) is 0 Å². The molecule has 0 saturated carbocycles. The van der Waals surface area contributed by atoms with Crippen molar-refractivity contribution in [2.45, 2.75) is 38.6 Å². The van der Waals surface area contributed by atoms with E-state index < -0.39 is 24.1 Å². The van der Waals surface area contributed by atoms with Gasteiger partial charge in [-0.1, -0.05) is 41.9 Å². The Morgan fingerprint density at radius 1 is 1.06 bits per heavy atom. The Bertz CT molecular complexity index is 1260. The molecule has 36 heavy (non-hydrogen) atoms. The largest absolute Gasteiger partial charge is 0.438 e. The van der Waals surface area contributed by atoms with Crippen LogP contribution < -0.4 is 10.6 Å². The molecule has 1 aliphatic rings. The van der Waals surface area contributed by atoms with E-state index >= 15 is 0 Å². The molecule has 4 rings (SSSR count). The molecule has 0 aliphatic carbocycles. The third kappa shape index (κ3) is 5.83. The Morgan fingerprint density at radius 2 is 1.75 bits per heavy atom. The van der Waals surface area contributed by atoms with Crippen molar-refractivity contribution < 1.29 is 23.5 Å². The van der Waals surface area contributed by atoms with Crippen LogP contribution in [0, 0.1) is 5.82 Å². The molecule has 1 fully saturated rings. The number of nitrogens with zero attached hydrogens (tertiary/aromatic N) is 1. The van der Waals surface area contributed by atoms with E-state index in [2.05, 4.69) is 10.6 Å². The second-order valence-corrected chi connectivity index (χ2v) is 9.19. The number of benzene rings is 3. The molecule has 3 aromatic carbocycles. The minimum Gasteiger partial charge on any atom is -0.438 e. The lowest BCUT2D eigenvalue weighted by molar-refractivity contribution is -0.126. The van der Waals surface area contributed by atoms with E-state index in [1.165, 1.54) is 17.0 Å². The Kier molecular flexibility index (Phi) is 7.55. The number of hydrogen-bond acceptors (Lipinski definition) is 4. The molecule has 0 unspecified atom stereocenters. The van der Waals surface area contributed by atoms with Gasteiger partial charge in [-0.05, 0) is 67.4 Å². The van der Waals surface area contributed by atoms with Crippen LogP contribution in [0.2, 0.25) is 5.02 Å². The Balaban J connectivity index is 1.55. The molecular formula is C27H25ClFN3O4. The minimum absolute atomic E-state index is 0.0829. The fourth-order valence-electron chi connectivity index (χ4n) is 3.96. The summed E-state index contributed by atoms with van der Waals surface area (Å²) < 4.78 is 19.0. The summed E-state index contributed by atoms with van der Waals surface area (Å²) in [7, 11) is 0. The van der Waals surface area contributed by atoms with Crippen molar-refractivity contribution >= 4 is 35.2 Å². The highest BCUT2D eigenvalue weighted by Crippen LogP contribution is 2.34. The maximum Gasteiger partial charge on any atom is 0.411 e. The first-order chi connectivity index (χ1) is 17.2. The zero-order chi connectivity index (χ0) is 25.8. The fraction of sp³-hybridized carbons (Fsp3) is 0.222. The van der Waals surface area contributed by atoms with Crippen LogP contribution >= 0.6 is 11.6 Å². The van der Waals surface area contributed by atoms with Gasteiger partial charge in [0, 0.05) is 22.3 Å². The smallest absolute Gasteiger partial charge is 0.411 e. The van der Waals surface area contributed by atoms with Crippen molar-refractivity contribution in [1.29, 1.82) is 0 Å². The number of ether oxygens (including phenoxy) is 1. The topological polar surface area (TPSA) is 87.7 Å². The van der Waals surface area contributed by atoms with E-state index in [1.807, 2.05) is 13.8 Å². The fourth-order valence-corrected chi connectivity index (χ4v) is 4.15. The van der Waals surface area contributed by atoms with Crippen LogP contribution in [0.1, 0.15) is 41.4 Å². The number of halogens is 2. The molecule has 0 radical (unpaired) electrons. The maximum atomic E-state index is 13.3. The normalized spacial score (nSPS) is 17.1. The van der Waals surface area contributed by atoms with Gasteiger partial charge in [-0.3, -0.25) is 14.5 Å². The van der Waals surface area contributed by atoms with Crippen molar-refractivity contribution in [2.75, 3.05) is 5.32 Å². The van der Waals surface area contributed by atoms with Crippen molar-refractivity contribution in [3.05, 3.63) is 100 Å². The standard InChI is InChI=1S/C27H25ClFN3O4/c1-16(2)30-26(34)23-24(36-27(35)32(23)15-17-6-10-21(29)11-7-17)18-8-12-22(13-9-18)31-25(33)19-4-3-5-20(28)14-19/h3-14,16,23-24H,15H2,1-2H3,(H,30,34)(H,31,33)/t23-,24-/m0/s1. The van der Waals surface area contributed by atoms with E-state index in [9.17, 15) is 18.8 Å². The summed E-state index contributed by atoms with van der Waals surface area (Å²) in [5.74, 6) is -1.07. The molecule has 186 valence electrons. The average Bonchev–Trinajstić information content (AvgIpc) is 3.16. The number of cyclic esters (lactones) is 1. The first-order valence-corrected chi connectivity index (χ1v) is 11.8. The predicted molar refractivity (Wildman–Crippen MR) is 134 cm³/mol. The molecule has 1 aliphatic heterocycles. The molecule has 2 N–H and O–H groups in total. The summed E-state index contributed by atoms with van der Waals surface area (Å²) in [6.07, 6.45) is -1.51. The van der Waals surface area contributed by atoms with Crippen LogP contribution in [0.4, 0.5) is 14.9 Å². The van der Waals surface area contributed by atoms with Crippen LogP contribution in [0.15, 0.2) is 72.8 Å². The number of carbonyl (C=O) groups excluding carboxylic acids is 3. The molecule has 1 saturated heterocycles. The number of carbonyl (C=O) groups is 3. The number of anilines is 1. The molecule has 0 aromatic heterocycles. The van der Waals surface area contributed by atoms with Gasteiger partial charge in [-0.2, -0.15) is 0 Å². The Hall–Kier alpha value is -3.91. The van der Waals surface area contributed by atoms with E-state index in [0.29, 0.717) is 27.4 Å². The summed E-state index contributed by atoms with van der Waals surface area (Å²) in [4.78, 5) is 39.8. The zero-order valence-electron chi connectivity index (χ0n) is 19.7. The lowest BCUT2D eigenvalue weighted by atomic mass is 10.00. The Morgan fingerprint density at radius 3 is 2.39 bits per heavy atom. The molecule has 0 bridgehead atoms. The molecule has 1 heterocycles. The van der Waals surface area contributed by atoms with Gasteiger partial charge in [0.05, 0.1) is 6.54 Å². The summed E-state index contributed by atoms with van der Waals surface area (Å²) in [5.41, 5.74) is 2.20. The second kappa shape index (κ2) is 10.8. The van der Waals surface area contributed by atoms with Crippen molar-refractivity contribution in [3.63, 3.8) is 0 Å². The third-order valence-electron chi connectivity index (χ3n) is 5.63. The van der Waals surface area contributed by atoms with Gasteiger partial charge in [0.1, 0.15) is 5.82 Å². The SMILES string of the molecule is CC(C)NC(=O)[C@@H]1[C@H](c2ccc(NC(=O)c3cccc(Cl)c3)cc2)OC(=O)N1Cc1ccc(F)cc1. The van der Waals surface area contributed by atoms with Crippen LogP contribution in [-0.2, 0) is 16.1 Å². The molecule has 9 heteroatoms. The summed E-state index contributed by atoms with van der Waals surface area (Å²) in [6, 6.07) is 18.0. The number of nitrogens with one attached hydrogen (secondary N) is 2. The van der Waals surface area contributed by atoms with Crippen molar-refractivity contribution in [3.8, 4) is 0 Å². The van der Waals surface area contributed by atoms with Crippen LogP contribution in [-0.4, -0.2) is 34.9 Å². The Labute approximate surface area is 213 Å². The van der Waals surface area contributed by atoms with Gasteiger partial charge in [0.25, 0.3) is 5.91 Å². The van der Waals surface area contributed by atoms with Crippen LogP contribution in [0.5, 0.6) is 0 Å². The molecule has 3 amide bonds. The van der Waals surface area contributed by atoms with Crippen LogP contribution in [0.25, 0.3) is 0 Å². The van der Waals surface area contributed by atoms with Gasteiger partial charge >= 0.3 is 6.09 Å². The zero-order valence-corrected chi connectivity index (χ0v) is 20.5.